The van der Waals surface area contributed by atoms with E-state index in [4.69, 9.17) is 4.74 Å². The summed E-state index contributed by atoms with van der Waals surface area (Å²) in [5.74, 6) is -0.775. The second-order valence-electron chi connectivity index (χ2n) is 7.04. The molecule has 0 aliphatic carbocycles. The summed E-state index contributed by atoms with van der Waals surface area (Å²) in [6.07, 6.45) is -4.84. The zero-order valence-electron chi connectivity index (χ0n) is 17.8. The summed E-state index contributed by atoms with van der Waals surface area (Å²) < 4.78 is 62.5. The molecular formula is C23H22F3NO4S2. The van der Waals surface area contributed by atoms with Crippen molar-refractivity contribution in [2.75, 3.05) is 6.61 Å². The first-order chi connectivity index (χ1) is 15.6. The van der Waals surface area contributed by atoms with Crippen LogP contribution in [0.4, 0.5) is 13.2 Å². The highest BCUT2D eigenvalue weighted by Gasteiger charge is 2.31. The smallest absolute Gasteiger partial charge is 0.466 e. The average molecular weight is 498 g/mol. The molecule has 1 N–H and O–H groups in total. The molecule has 0 fully saturated rings. The molecule has 176 valence electrons. The third kappa shape index (κ3) is 7.41. The van der Waals surface area contributed by atoms with Gasteiger partial charge in [-0.25, -0.2) is 8.93 Å². The third-order valence-corrected chi connectivity index (χ3v) is 6.93. The first-order valence-corrected chi connectivity index (χ1v) is 12.0. The van der Waals surface area contributed by atoms with Gasteiger partial charge in [-0.3, -0.25) is 4.79 Å². The number of carbonyl (C=O) groups is 1. The molecule has 0 spiro atoms. The molecule has 3 rings (SSSR count). The largest absolute Gasteiger partial charge is 0.573 e. The minimum absolute atomic E-state index is 0.0530. The van der Waals surface area contributed by atoms with Crippen molar-refractivity contribution in [3.63, 3.8) is 0 Å². The number of nitrogens with one attached hydrogen (secondary N) is 1. The third-order valence-electron chi connectivity index (χ3n) is 4.48. The molecule has 3 aromatic rings. The topological polar surface area (TPSA) is 64.6 Å². The van der Waals surface area contributed by atoms with Gasteiger partial charge in [0.1, 0.15) is 16.7 Å². The normalized spacial score (nSPS) is 13.4. The highest BCUT2D eigenvalue weighted by molar-refractivity contribution is 7.83. The molecule has 2 atom stereocenters. The lowest BCUT2D eigenvalue weighted by Gasteiger charge is -2.16. The van der Waals surface area contributed by atoms with E-state index in [1.54, 1.807) is 37.3 Å². The zero-order chi connectivity index (χ0) is 24.0. The number of halogens is 3. The number of hydrogen-bond donors (Lipinski definition) is 1. The van der Waals surface area contributed by atoms with Gasteiger partial charge in [0.25, 0.3) is 0 Å². The Balaban J connectivity index is 1.84. The number of hydrogen-bond acceptors (Lipinski definition) is 5. The Bertz CT molecular complexity index is 1110. The molecule has 1 heterocycles. The Labute approximate surface area is 196 Å². The molecule has 0 bridgehead atoms. The fourth-order valence-corrected chi connectivity index (χ4v) is 5.11. The van der Waals surface area contributed by atoms with Crippen LogP contribution in [0.25, 0.3) is 10.4 Å². The van der Waals surface area contributed by atoms with Gasteiger partial charge in [-0.05, 0) is 55.8 Å². The highest BCUT2D eigenvalue weighted by Crippen LogP contribution is 2.35. The summed E-state index contributed by atoms with van der Waals surface area (Å²) in [6.45, 7) is 3.84. The second-order valence-corrected chi connectivity index (χ2v) is 9.40. The van der Waals surface area contributed by atoms with E-state index in [0.29, 0.717) is 20.2 Å². The number of rotatable bonds is 9. The lowest BCUT2D eigenvalue weighted by molar-refractivity contribution is -0.274. The van der Waals surface area contributed by atoms with Crippen LogP contribution in [-0.4, -0.2) is 23.1 Å². The molecule has 2 aromatic carbocycles. The summed E-state index contributed by atoms with van der Waals surface area (Å²) in [4.78, 5) is 14.1. The van der Waals surface area contributed by atoms with Crippen LogP contribution in [0.3, 0.4) is 0 Å². The monoisotopic (exact) mass is 497 g/mol. The molecule has 1 aromatic heterocycles. The van der Waals surface area contributed by atoms with Crippen molar-refractivity contribution in [1.29, 1.82) is 0 Å². The quantitative estimate of drug-likeness (QED) is 0.372. The summed E-state index contributed by atoms with van der Waals surface area (Å²) in [7, 11) is -1.59. The average Bonchev–Trinajstić information content (AvgIpc) is 3.23. The number of aryl methyl sites for hydroxylation is 1. The molecule has 0 amide bonds. The lowest BCUT2D eigenvalue weighted by Crippen LogP contribution is -2.26. The molecule has 0 saturated carbocycles. The van der Waals surface area contributed by atoms with Crippen LogP contribution in [0.1, 0.15) is 29.8 Å². The van der Waals surface area contributed by atoms with Crippen LogP contribution in [0.15, 0.2) is 65.6 Å². The Kier molecular flexibility index (Phi) is 8.28. The zero-order valence-corrected chi connectivity index (χ0v) is 19.5. The van der Waals surface area contributed by atoms with Crippen LogP contribution in [0.2, 0.25) is 0 Å². The molecule has 33 heavy (non-hydrogen) atoms. The van der Waals surface area contributed by atoms with Gasteiger partial charge in [0.2, 0.25) is 0 Å². The predicted molar refractivity (Wildman–Crippen MR) is 121 cm³/mol. The molecule has 5 nitrogen and oxygen atoms in total. The summed E-state index contributed by atoms with van der Waals surface area (Å²) >= 11 is 1.28. The van der Waals surface area contributed by atoms with Crippen LogP contribution in [0, 0.1) is 6.92 Å². The minimum atomic E-state index is -4.78. The van der Waals surface area contributed by atoms with Gasteiger partial charge in [-0.15, -0.1) is 24.5 Å². The van der Waals surface area contributed by atoms with Crippen molar-refractivity contribution >= 4 is 28.3 Å². The standard InChI is InChI=1S/C23H22F3NO4S2/c1-3-30-22(28)14-19(27-33(29)18-9-7-15(2)8-10-18)21-12-11-20(32-21)16-5-4-6-17(13-16)31-23(24,25)26/h4-13,19,27H,3,14H2,1-2H3/t19-,33+/m0/s1. The minimum Gasteiger partial charge on any atom is -0.466 e. The van der Waals surface area contributed by atoms with E-state index < -0.39 is 29.4 Å². The first-order valence-electron chi connectivity index (χ1n) is 10.0. The van der Waals surface area contributed by atoms with Crippen molar-refractivity contribution in [3.05, 3.63) is 71.1 Å². The van der Waals surface area contributed by atoms with E-state index >= 15 is 0 Å². The molecule has 0 saturated heterocycles. The fraction of sp³-hybridized carbons (Fsp3) is 0.261. The van der Waals surface area contributed by atoms with E-state index in [0.717, 1.165) is 5.56 Å². The predicted octanol–water partition coefficient (Wildman–Crippen LogP) is 5.93. The number of carbonyl (C=O) groups excluding carboxylic acids is 1. The van der Waals surface area contributed by atoms with Gasteiger partial charge in [0, 0.05) is 9.75 Å². The Morgan fingerprint density at radius 2 is 1.85 bits per heavy atom. The van der Waals surface area contributed by atoms with Gasteiger partial charge in [-0.1, -0.05) is 29.8 Å². The Morgan fingerprint density at radius 3 is 2.52 bits per heavy atom. The van der Waals surface area contributed by atoms with E-state index in [2.05, 4.69) is 9.46 Å². The molecule has 0 aliphatic rings. The number of alkyl halides is 3. The van der Waals surface area contributed by atoms with Crippen molar-refractivity contribution < 1.29 is 31.6 Å². The number of thiophene rings is 1. The molecule has 0 aliphatic heterocycles. The number of ether oxygens (including phenoxy) is 2. The van der Waals surface area contributed by atoms with Crippen molar-refractivity contribution in [1.82, 2.24) is 4.72 Å². The second kappa shape index (κ2) is 11.0. The molecule has 0 unspecified atom stereocenters. The van der Waals surface area contributed by atoms with E-state index in [1.807, 2.05) is 19.1 Å². The molecule has 0 radical (unpaired) electrons. The summed E-state index contributed by atoms with van der Waals surface area (Å²) in [5.41, 5.74) is 1.56. The first kappa shape index (κ1) is 24.9. The highest BCUT2D eigenvalue weighted by atomic mass is 32.2. The van der Waals surface area contributed by atoms with Gasteiger partial charge in [0.05, 0.1) is 24.0 Å². The number of benzene rings is 2. The van der Waals surface area contributed by atoms with E-state index in [9.17, 15) is 22.2 Å². The maximum absolute atomic E-state index is 12.9. The van der Waals surface area contributed by atoms with Gasteiger partial charge < -0.3 is 9.47 Å². The summed E-state index contributed by atoms with van der Waals surface area (Å²) in [5, 5.41) is 0. The SMILES string of the molecule is CCOC(=O)C[C@H](N[S@](=O)c1ccc(C)cc1)c1ccc(-c2cccc(OC(F)(F)F)c2)s1. The summed E-state index contributed by atoms with van der Waals surface area (Å²) in [6, 6.07) is 15.7. The van der Waals surface area contributed by atoms with Gasteiger partial charge in [-0.2, -0.15) is 0 Å². The molecular weight excluding hydrogens is 475 g/mol. The molecule has 10 heteroatoms. The maximum Gasteiger partial charge on any atom is 0.573 e. The van der Waals surface area contributed by atoms with Crippen molar-refractivity contribution in [2.45, 2.75) is 37.6 Å². The van der Waals surface area contributed by atoms with Crippen molar-refractivity contribution in [2.24, 2.45) is 0 Å². The lowest BCUT2D eigenvalue weighted by atomic mass is 10.1. The van der Waals surface area contributed by atoms with E-state index in [-0.39, 0.29) is 18.8 Å². The fourth-order valence-electron chi connectivity index (χ4n) is 2.99. The van der Waals surface area contributed by atoms with Crippen LogP contribution in [0.5, 0.6) is 5.75 Å². The Morgan fingerprint density at radius 1 is 1.12 bits per heavy atom. The van der Waals surface area contributed by atoms with Gasteiger partial charge in [0.15, 0.2) is 0 Å². The van der Waals surface area contributed by atoms with Gasteiger partial charge >= 0.3 is 12.3 Å². The van der Waals surface area contributed by atoms with Crippen molar-refractivity contribution in [3.8, 4) is 16.2 Å². The number of esters is 1. The van der Waals surface area contributed by atoms with Crippen LogP contribution in [-0.2, 0) is 20.5 Å². The maximum atomic E-state index is 12.9. The van der Waals surface area contributed by atoms with Crippen LogP contribution < -0.4 is 9.46 Å². The Hall–Kier alpha value is -2.69. The van der Waals surface area contributed by atoms with E-state index in [1.165, 1.54) is 29.5 Å². The van der Waals surface area contributed by atoms with Crippen LogP contribution >= 0.6 is 11.3 Å².